The molecule has 35 heavy (non-hydrogen) atoms. The monoisotopic (exact) mass is 483 g/mol. The third kappa shape index (κ3) is 3.50. The number of oxazole rings is 1. The second kappa shape index (κ2) is 8.21. The molecule has 0 aromatic carbocycles. The molecule has 2 aliphatic carbocycles. The van der Waals surface area contributed by atoms with Gasteiger partial charge in [0.15, 0.2) is 12.2 Å². The highest BCUT2D eigenvalue weighted by Gasteiger charge is 2.66. The minimum absolute atomic E-state index is 0.185. The maximum Gasteiger partial charge on any atom is 0.381 e. The molecule has 5 rings (SSSR count). The second-order valence-corrected chi connectivity index (χ2v) is 9.87. The van der Waals surface area contributed by atoms with Gasteiger partial charge >= 0.3 is 17.9 Å². The van der Waals surface area contributed by atoms with Gasteiger partial charge in [-0.3, -0.25) is 14.4 Å². The van der Waals surface area contributed by atoms with Crippen molar-refractivity contribution >= 4 is 23.7 Å². The lowest BCUT2D eigenvalue weighted by molar-refractivity contribution is -0.197. The van der Waals surface area contributed by atoms with Crippen molar-refractivity contribution < 1.29 is 42.2 Å². The van der Waals surface area contributed by atoms with Crippen LogP contribution in [-0.4, -0.2) is 35.8 Å². The average molecular weight is 483 g/mol. The number of furan rings is 1. The standard InChI is InChI=1S/C25H25NO9/c1-24-6-4-14-22(29)35-17(13-5-7-32-11-13)9-25(14,2)20(24)19(27)16(8-15(24)21(28)31-3)34-23(30)18-10-26-12-33-18/h5,7-8,10-12,14-15,17,20H,4,6,9H2,1-3H3. The molecule has 184 valence electrons. The Morgan fingerprint density at radius 1 is 1.20 bits per heavy atom. The number of esters is 3. The van der Waals surface area contributed by atoms with E-state index in [0.717, 1.165) is 6.39 Å². The van der Waals surface area contributed by atoms with Crippen molar-refractivity contribution in [3.8, 4) is 0 Å². The van der Waals surface area contributed by atoms with Crippen LogP contribution in [0.25, 0.3) is 0 Å². The number of allylic oxidation sites excluding steroid dienone is 1. The highest BCUT2D eigenvalue weighted by Crippen LogP contribution is 2.64. The van der Waals surface area contributed by atoms with Crippen LogP contribution in [0.1, 0.15) is 55.3 Å². The van der Waals surface area contributed by atoms with Gasteiger partial charge in [-0.15, -0.1) is 0 Å². The van der Waals surface area contributed by atoms with E-state index in [9.17, 15) is 19.2 Å². The fourth-order valence-electron chi connectivity index (χ4n) is 6.35. The Morgan fingerprint density at radius 3 is 2.66 bits per heavy atom. The predicted octanol–water partition coefficient (Wildman–Crippen LogP) is 3.41. The zero-order valence-electron chi connectivity index (χ0n) is 19.5. The van der Waals surface area contributed by atoms with Crippen LogP contribution in [0.5, 0.6) is 0 Å². The number of nitrogens with zero attached hydrogens (tertiary/aromatic N) is 1. The van der Waals surface area contributed by atoms with Crippen LogP contribution in [0.2, 0.25) is 0 Å². The van der Waals surface area contributed by atoms with Gasteiger partial charge in [-0.05, 0) is 42.2 Å². The van der Waals surface area contributed by atoms with E-state index in [1.807, 2.05) is 13.8 Å². The summed E-state index contributed by atoms with van der Waals surface area (Å²) in [4.78, 5) is 56.3. The number of cyclic esters (lactones) is 1. The van der Waals surface area contributed by atoms with Crippen LogP contribution < -0.4 is 0 Å². The molecule has 0 N–H and O–H groups in total. The van der Waals surface area contributed by atoms with E-state index in [-0.39, 0.29) is 11.5 Å². The number of methoxy groups -OCH3 is 1. The molecule has 3 heterocycles. The molecule has 1 saturated heterocycles. The summed E-state index contributed by atoms with van der Waals surface area (Å²) in [5.74, 6) is -5.01. The van der Waals surface area contributed by atoms with Gasteiger partial charge in [-0.2, -0.15) is 0 Å². The summed E-state index contributed by atoms with van der Waals surface area (Å²) >= 11 is 0. The van der Waals surface area contributed by atoms with E-state index >= 15 is 0 Å². The Bertz CT molecular complexity index is 1200. The van der Waals surface area contributed by atoms with E-state index in [2.05, 4.69) is 4.98 Å². The largest absolute Gasteiger partial charge is 0.472 e. The van der Waals surface area contributed by atoms with Crippen molar-refractivity contribution in [2.75, 3.05) is 7.11 Å². The van der Waals surface area contributed by atoms with Gasteiger partial charge < -0.3 is 23.0 Å². The zero-order chi connectivity index (χ0) is 25.0. The molecule has 0 amide bonds. The molecule has 2 aromatic rings. The molecule has 1 aliphatic heterocycles. The van der Waals surface area contributed by atoms with Crippen molar-refractivity contribution in [1.82, 2.24) is 4.98 Å². The summed E-state index contributed by atoms with van der Waals surface area (Å²) in [5, 5.41) is 0. The SMILES string of the molecule is COC(=O)C1C=C(OC(=O)c2cnco2)C(=O)C2C1(C)CCC1C(=O)OC(c3ccoc3)CC12C. The first-order chi connectivity index (χ1) is 16.7. The molecular formula is C25H25NO9. The smallest absolute Gasteiger partial charge is 0.381 e. The summed E-state index contributed by atoms with van der Waals surface area (Å²) in [6.45, 7) is 3.73. The van der Waals surface area contributed by atoms with Crippen LogP contribution in [0, 0.1) is 28.6 Å². The number of hydrogen-bond donors (Lipinski definition) is 0. The van der Waals surface area contributed by atoms with Crippen LogP contribution >= 0.6 is 0 Å². The highest BCUT2D eigenvalue weighted by molar-refractivity contribution is 6.03. The van der Waals surface area contributed by atoms with Crippen molar-refractivity contribution in [2.24, 2.45) is 28.6 Å². The fraction of sp³-hybridized carbons (Fsp3) is 0.480. The summed E-state index contributed by atoms with van der Waals surface area (Å²) in [7, 11) is 1.27. The Kier molecular flexibility index (Phi) is 5.41. The predicted molar refractivity (Wildman–Crippen MR) is 115 cm³/mol. The van der Waals surface area contributed by atoms with E-state index in [1.54, 1.807) is 6.07 Å². The van der Waals surface area contributed by atoms with Gasteiger partial charge in [0, 0.05) is 11.5 Å². The van der Waals surface area contributed by atoms with Gasteiger partial charge in [-0.1, -0.05) is 13.8 Å². The van der Waals surface area contributed by atoms with Crippen LogP contribution in [0.4, 0.5) is 0 Å². The summed E-state index contributed by atoms with van der Waals surface area (Å²) in [6, 6.07) is 1.72. The maximum atomic E-state index is 14.0. The third-order valence-corrected chi connectivity index (χ3v) is 7.99. The molecule has 6 atom stereocenters. The van der Waals surface area contributed by atoms with Gasteiger partial charge in [-0.25, -0.2) is 9.78 Å². The number of carbonyl (C=O) groups is 4. The number of aromatic nitrogens is 1. The summed E-state index contributed by atoms with van der Waals surface area (Å²) in [6.07, 6.45) is 7.18. The normalized spacial score (nSPS) is 34.2. The Hall–Kier alpha value is -3.69. The number of rotatable bonds is 4. The van der Waals surface area contributed by atoms with Gasteiger partial charge in [0.25, 0.3) is 0 Å². The molecule has 2 aromatic heterocycles. The van der Waals surface area contributed by atoms with Crippen LogP contribution in [0.3, 0.4) is 0 Å². The number of carbonyl (C=O) groups excluding carboxylic acids is 4. The van der Waals surface area contributed by atoms with E-state index in [1.165, 1.54) is 31.9 Å². The van der Waals surface area contributed by atoms with Crippen LogP contribution in [0.15, 0.2) is 51.9 Å². The lowest BCUT2D eigenvalue weighted by Gasteiger charge is -2.59. The number of Topliss-reactive ketones (excluding diaryl/α,β-unsaturated/α-hetero) is 1. The maximum absolute atomic E-state index is 14.0. The Morgan fingerprint density at radius 2 is 2.00 bits per heavy atom. The highest BCUT2D eigenvalue weighted by atomic mass is 16.6. The number of fused-ring (bicyclic) bond motifs is 3. The lowest BCUT2D eigenvalue weighted by Crippen LogP contribution is -2.61. The minimum Gasteiger partial charge on any atom is -0.472 e. The average Bonchev–Trinajstić information content (AvgIpc) is 3.54. The fourth-order valence-corrected chi connectivity index (χ4v) is 6.35. The second-order valence-electron chi connectivity index (χ2n) is 9.87. The Labute approximate surface area is 200 Å². The van der Waals surface area contributed by atoms with Gasteiger partial charge in [0.05, 0.1) is 37.7 Å². The first-order valence-electron chi connectivity index (χ1n) is 11.4. The molecule has 3 aliphatic rings. The van der Waals surface area contributed by atoms with Crippen LogP contribution in [-0.2, 0) is 28.6 Å². The first kappa shape index (κ1) is 23.1. The topological polar surface area (TPSA) is 135 Å². The molecule has 0 bridgehead atoms. The zero-order valence-corrected chi connectivity index (χ0v) is 19.5. The molecule has 0 radical (unpaired) electrons. The summed E-state index contributed by atoms with van der Waals surface area (Å²) < 4.78 is 26.4. The molecule has 0 spiro atoms. The van der Waals surface area contributed by atoms with Crippen molar-refractivity contribution in [3.63, 3.8) is 0 Å². The molecule has 10 heteroatoms. The lowest BCUT2D eigenvalue weighted by atomic mass is 9.44. The minimum atomic E-state index is -0.911. The number of ether oxygens (including phenoxy) is 3. The molecule has 1 saturated carbocycles. The molecular weight excluding hydrogens is 458 g/mol. The van der Waals surface area contributed by atoms with E-state index < -0.39 is 58.4 Å². The Balaban J connectivity index is 1.58. The number of ketones is 1. The van der Waals surface area contributed by atoms with E-state index in [0.29, 0.717) is 24.8 Å². The first-order valence-corrected chi connectivity index (χ1v) is 11.4. The van der Waals surface area contributed by atoms with Crippen molar-refractivity contribution in [2.45, 2.75) is 39.2 Å². The van der Waals surface area contributed by atoms with Crippen molar-refractivity contribution in [1.29, 1.82) is 0 Å². The summed E-state index contributed by atoms with van der Waals surface area (Å²) in [5.41, 5.74) is -1.06. The quantitative estimate of drug-likeness (QED) is 0.470. The molecule has 6 unspecified atom stereocenters. The van der Waals surface area contributed by atoms with Gasteiger partial charge in [0.1, 0.15) is 6.10 Å². The van der Waals surface area contributed by atoms with Crippen molar-refractivity contribution in [3.05, 3.63) is 54.3 Å². The third-order valence-electron chi connectivity index (χ3n) is 7.99. The van der Waals surface area contributed by atoms with Gasteiger partial charge in [0.2, 0.25) is 11.5 Å². The molecule has 10 nitrogen and oxygen atoms in total. The van der Waals surface area contributed by atoms with E-state index in [4.69, 9.17) is 23.0 Å². The number of hydrogen-bond acceptors (Lipinski definition) is 10. The molecule has 2 fully saturated rings.